The monoisotopic (exact) mass is 210 g/mol. The van der Waals surface area contributed by atoms with E-state index in [2.05, 4.69) is 24.3 Å². The van der Waals surface area contributed by atoms with Gasteiger partial charge in [0.25, 0.3) is 0 Å². The van der Waals surface area contributed by atoms with Gasteiger partial charge in [0.2, 0.25) is 0 Å². The molecule has 0 N–H and O–H groups in total. The summed E-state index contributed by atoms with van der Waals surface area (Å²) >= 11 is 0. The van der Waals surface area contributed by atoms with Gasteiger partial charge in [0, 0.05) is 22.0 Å². The minimum atomic E-state index is 0.00502. The molecule has 2 nitrogen and oxygen atoms in total. The van der Waals surface area contributed by atoms with Crippen molar-refractivity contribution in [2.45, 2.75) is 38.5 Å². The summed E-state index contributed by atoms with van der Waals surface area (Å²) in [4.78, 5) is 0. The molecular weight excluding hydrogens is 196 g/mol. The van der Waals surface area contributed by atoms with E-state index in [-0.39, 0.29) is 10.8 Å². The Hall–Kier alpha value is -1.54. The first-order valence-electron chi connectivity index (χ1n) is 6.01. The zero-order valence-corrected chi connectivity index (χ0v) is 9.29. The summed E-state index contributed by atoms with van der Waals surface area (Å²) in [6.45, 7) is 0. The third-order valence-corrected chi connectivity index (χ3v) is 4.95. The Morgan fingerprint density at radius 1 is 0.875 bits per heavy atom. The molecule has 0 aromatic heterocycles. The zero-order valence-electron chi connectivity index (χ0n) is 9.29. The fourth-order valence-corrected chi connectivity index (χ4v) is 4.18. The molecule has 3 aliphatic carbocycles. The van der Waals surface area contributed by atoms with Crippen LogP contribution in [0, 0.1) is 33.5 Å². The molecule has 80 valence electrons. The van der Waals surface area contributed by atoms with E-state index in [1.807, 2.05) is 0 Å². The van der Waals surface area contributed by atoms with Gasteiger partial charge in [0.15, 0.2) is 0 Å². The second-order valence-electron chi connectivity index (χ2n) is 5.24. The molecule has 0 amide bonds. The van der Waals surface area contributed by atoms with Crippen LogP contribution in [0.5, 0.6) is 0 Å². The van der Waals surface area contributed by atoms with Crippen molar-refractivity contribution >= 4 is 0 Å². The fourth-order valence-electron chi connectivity index (χ4n) is 4.18. The van der Waals surface area contributed by atoms with E-state index in [0.717, 1.165) is 36.8 Å². The second kappa shape index (κ2) is 2.98. The molecule has 0 aliphatic heterocycles. The van der Waals surface area contributed by atoms with Gasteiger partial charge >= 0.3 is 0 Å². The minimum absolute atomic E-state index is 0.00502. The molecule has 0 radical (unpaired) electrons. The lowest BCUT2D eigenvalue weighted by molar-refractivity contribution is 0.0978. The molecule has 2 heteroatoms. The molecule has 1 saturated carbocycles. The van der Waals surface area contributed by atoms with Crippen molar-refractivity contribution in [1.29, 1.82) is 10.5 Å². The van der Waals surface area contributed by atoms with E-state index in [4.69, 9.17) is 0 Å². The normalized spacial score (nSPS) is 40.1. The number of allylic oxidation sites excluding steroid dienone is 4. The van der Waals surface area contributed by atoms with Crippen molar-refractivity contribution in [1.82, 2.24) is 0 Å². The van der Waals surface area contributed by atoms with E-state index in [1.165, 1.54) is 12.8 Å². The van der Waals surface area contributed by atoms with Crippen LogP contribution in [-0.4, -0.2) is 0 Å². The SMILES string of the molecule is N#CC1=CC[C@]23CCCC[C@]12CC=C3C#N. The topological polar surface area (TPSA) is 47.6 Å². The van der Waals surface area contributed by atoms with Gasteiger partial charge < -0.3 is 0 Å². The maximum atomic E-state index is 9.28. The van der Waals surface area contributed by atoms with Gasteiger partial charge in [-0.25, -0.2) is 0 Å². The third kappa shape index (κ3) is 0.828. The Morgan fingerprint density at radius 2 is 1.31 bits per heavy atom. The van der Waals surface area contributed by atoms with Gasteiger partial charge in [-0.3, -0.25) is 0 Å². The van der Waals surface area contributed by atoms with Gasteiger partial charge in [-0.15, -0.1) is 0 Å². The van der Waals surface area contributed by atoms with E-state index < -0.39 is 0 Å². The van der Waals surface area contributed by atoms with Gasteiger partial charge in [-0.2, -0.15) is 10.5 Å². The van der Waals surface area contributed by atoms with Crippen molar-refractivity contribution < 1.29 is 0 Å². The first-order valence-corrected chi connectivity index (χ1v) is 6.01. The Balaban J connectivity index is 2.15. The van der Waals surface area contributed by atoms with Crippen LogP contribution in [0.15, 0.2) is 23.3 Å². The summed E-state index contributed by atoms with van der Waals surface area (Å²) < 4.78 is 0. The van der Waals surface area contributed by atoms with Crippen molar-refractivity contribution in [3.05, 3.63) is 23.3 Å². The summed E-state index contributed by atoms with van der Waals surface area (Å²) in [5, 5.41) is 18.6. The zero-order chi connectivity index (χ0) is 11.2. The Morgan fingerprint density at radius 3 is 1.69 bits per heavy atom. The summed E-state index contributed by atoms with van der Waals surface area (Å²) in [5.41, 5.74) is 1.92. The molecule has 0 spiro atoms. The smallest absolute Gasteiger partial charge is 0.0950 e. The summed E-state index contributed by atoms with van der Waals surface area (Å²) in [7, 11) is 0. The number of hydrogen-bond donors (Lipinski definition) is 0. The molecule has 1 fully saturated rings. The number of nitrogens with zero attached hydrogens (tertiary/aromatic N) is 2. The highest BCUT2D eigenvalue weighted by atomic mass is 14.6. The molecule has 0 aromatic carbocycles. The maximum Gasteiger partial charge on any atom is 0.0950 e. The van der Waals surface area contributed by atoms with Crippen molar-refractivity contribution in [2.75, 3.05) is 0 Å². The number of rotatable bonds is 0. The van der Waals surface area contributed by atoms with Crippen molar-refractivity contribution in [2.24, 2.45) is 10.8 Å². The van der Waals surface area contributed by atoms with Gasteiger partial charge in [0.05, 0.1) is 12.1 Å². The van der Waals surface area contributed by atoms with Crippen LogP contribution < -0.4 is 0 Å². The molecule has 3 rings (SSSR count). The average Bonchev–Trinajstić information content (AvgIpc) is 2.81. The molecule has 2 atom stereocenters. The molecule has 0 unspecified atom stereocenters. The highest BCUT2D eigenvalue weighted by molar-refractivity contribution is 5.51. The minimum Gasteiger partial charge on any atom is -0.193 e. The fraction of sp³-hybridized carbons (Fsp3) is 0.571. The van der Waals surface area contributed by atoms with Crippen molar-refractivity contribution in [3.63, 3.8) is 0 Å². The van der Waals surface area contributed by atoms with E-state index in [9.17, 15) is 10.5 Å². The van der Waals surface area contributed by atoms with Crippen LogP contribution in [-0.2, 0) is 0 Å². The largest absolute Gasteiger partial charge is 0.193 e. The highest BCUT2D eigenvalue weighted by Crippen LogP contribution is 2.68. The Bertz CT molecular complexity index is 440. The molecule has 0 heterocycles. The predicted molar refractivity (Wildman–Crippen MR) is 60.0 cm³/mol. The lowest BCUT2D eigenvalue weighted by Crippen LogP contribution is -2.40. The lowest BCUT2D eigenvalue weighted by Gasteiger charge is -2.46. The first kappa shape index (κ1) is 9.67. The Kier molecular flexibility index (Phi) is 1.80. The van der Waals surface area contributed by atoms with Crippen LogP contribution in [0.2, 0.25) is 0 Å². The van der Waals surface area contributed by atoms with Gasteiger partial charge in [0.1, 0.15) is 0 Å². The average molecular weight is 210 g/mol. The maximum absolute atomic E-state index is 9.28. The highest BCUT2D eigenvalue weighted by Gasteiger charge is 2.61. The summed E-state index contributed by atoms with van der Waals surface area (Å²) in [6.07, 6.45) is 10.6. The van der Waals surface area contributed by atoms with E-state index in [1.54, 1.807) is 0 Å². The predicted octanol–water partition coefficient (Wildman–Crippen LogP) is 3.24. The van der Waals surface area contributed by atoms with Crippen LogP contribution in [0.1, 0.15) is 38.5 Å². The van der Waals surface area contributed by atoms with Crippen LogP contribution in [0.4, 0.5) is 0 Å². The van der Waals surface area contributed by atoms with Gasteiger partial charge in [-0.05, 0) is 25.7 Å². The van der Waals surface area contributed by atoms with Gasteiger partial charge in [-0.1, -0.05) is 25.0 Å². The molecular formula is C14H14N2. The van der Waals surface area contributed by atoms with Crippen LogP contribution in [0.25, 0.3) is 0 Å². The number of hydrogen-bond acceptors (Lipinski definition) is 2. The Labute approximate surface area is 95.9 Å². The molecule has 16 heavy (non-hydrogen) atoms. The van der Waals surface area contributed by atoms with Crippen molar-refractivity contribution in [3.8, 4) is 12.1 Å². The first-order chi connectivity index (χ1) is 7.79. The van der Waals surface area contributed by atoms with E-state index >= 15 is 0 Å². The molecule has 0 bridgehead atoms. The van der Waals surface area contributed by atoms with Crippen LogP contribution in [0.3, 0.4) is 0 Å². The molecule has 3 aliphatic rings. The number of nitriles is 2. The quantitative estimate of drug-likeness (QED) is 0.616. The third-order valence-electron chi connectivity index (χ3n) is 4.95. The molecule has 0 aromatic rings. The second-order valence-corrected chi connectivity index (χ2v) is 5.24. The van der Waals surface area contributed by atoms with Crippen LogP contribution >= 0.6 is 0 Å². The summed E-state index contributed by atoms with van der Waals surface area (Å²) in [6, 6.07) is 4.77. The lowest BCUT2D eigenvalue weighted by atomic mass is 9.55. The standard InChI is InChI=1S/C14H14N2/c15-9-11-4-8-14-6-2-1-5-13(11,14)7-3-12(14)10-16/h3-4H,1-2,5-8H2/t13-,14-/m0/s1. The summed E-state index contributed by atoms with van der Waals surface area (Å²) in [5.74, 6) is 0. The molecule has 0 saturated heterocycles. The van der Waals surface area contributed by atoms with E-state index in [0.29, 0.717) is 0 Å².